The average Bonchev–Trinajstić information content (AvgIpc) is 3.38. The maximum Gasteiger partial charge on any atom is 0.336 e. The Hall–Kier alpha value is -3.39. The fourth-order valence-corrected chi connectivity index (χ4v) is 5.66. The first-order valence-corrected chi connectivity index (χ1v) is 12.6. The lowest BCUT2D eigenvalue weighted by atomic mass is 9.67. The van der Waals surface area contributed by atoms with E-state index in [-0.39, 0.29) is 19.0 Å². The standard InChI is InChI=1S/C27H29NO6S/c1-5-33-26(30)21-15(3)28-20-13-19(16-8-7-9-18(12-16)32-4)23(27(31)34-6-2)25(29)24(20)22(21)17-10-11-35-14-17/h7-12,14,19,22-23,28H,5-6,13H2,1-4H3/t19-,22-,23-/m1/s1. The van der Waals surface area contributed by atoms with Crippen LogP contribution >= 0.6 is 11.3 Å². The third-order valence-corrected chi connectivity index (χ3v) is 7.16. The molecule has 1 aliphatic carbocycles. The molecule has 0 saturated carbocycles. The topological polar surface area (TPSA) is 90.9 Å². The Kier molecular flexibility index (Phi) is 7.40. The summed E-state index contributed by atoms with van der Waals surface area (Å²) in [4.78, 5) is 40.3. The van der Waals surface area contributed by atoms with Crippen molar-refractivity contribution in [2.45, 2.75) is 39.0 Å². The minimum atomic E-state index is -1.04. The zero-order valence-corrected chi connectivity index (χ0v) is 21.1. The molecule has 184 valence electrons. The summed E-state index contributed by atoms with van der Waals surface area (Å²) in [6.45, 7) is 5.67. The van der Waals surface area contributed by atoms with Crippen LogP contribution in [-0.2, 0) is 23.9 Å². The lowest BCUT2D eigenvalue weighted by molar-refractivity contribution is -0.152. The van der Waals surface area contributed by atoms with E-state index in [0.717, 1.165) is 11.1 Å². The number of allylic oxidation sites excluding steroid dienone is 3. The number of methoxy groups -OCH3 is 1. The average molecular weight is 496 g/mol. The SMILES string of the molecule is CCOC(=O)C1=C(C)NC2=C(C(=O)[C@H](C(=O)OCC)[C@@H](c3cccc(OC)c3)C2)[C@@H]1c1ccsc1. The molecule has 0 fully saturated rings. The highest BCUT2D eigenvalue weighted by molar-refractivity contribution is 7.08. The van der Waals surface area contributed by atoms with Crippen molar-refractivity contribution in [2.75, 3.05) is 20.3 Å². The van der Waals surface area contributed by atoms with Gasteiger partial charge in [0.1, 0.15) is 11.7 Å². The highest BCUT2D eigenvalue weighted by atomic mass is 32.1. The molecule has 1 aliphatic heterocycles. The number of hydrogen-bond acceptors (Lipinski definition) is 8. The number of ether oxygens (including phenoxy) is 3. The van der Waals surface area contributed by atoms with Gasteiger partial charge in [0.05, 0.1) is 25.9 Å². The number of hydrogen-bond donors (Lipinski definition) is 1. The zero-order chi connectivity index (χ0) is 25.1. The number of ketones is 1. The van der Waals surface area contributed by atoms with Gasteiger partial charge in [0.15, 0.2) is 5.78 Å². The first-order valence-electron chi connectivity index (χ1n) is 11.7. The van der Waals surface area contributed by atoms with Crippen LogP contribution in [0.3, 0.4) is 0 Å². The number of carbonyl (C=O) groups excluding carboxylic acids is 3. The van der Waals surface area contributed by atoms with Crippen LogP contribution in [0.1, 0.15) is 50.2 Å². The van der Waals surface area contributed by atoms with Crippen LogP contribution in [-0.4, -0.2) is 38.0 Å². The highest BCUT2D eigenvalue weighted by Gasteiger charge is 2.49. The maximum absolute atomic E-state index is 14.2. The van der Waals surface area contributed by atoms with Crippen LogP contribution in [0.2, 0.25) is 0 Å². The minimum Gasteiger partial charge on any atom is -0.497 e. The van der Waals surface area contributed by atoms with Gasteiger partial charge in [-0.2, -0.15) is 11.3 Å². The van der Waals surface area contributed by atoms with Gasteiger partial charge in [-0.1, -0.05) is 12.1 Å². The molecule has 35 heavy (non-hydrogen) atoms. The number of rotatable bonds is 7. The van der Waals surface area contributed by atoms with Crippen LogP contribution in [0.5, 0.6) is 5.75 Å². The van der Waals surface area contributed by atoms with Gasteiger partial charge < -0.3 is 19.5 Å². The number of carbonyl (C=O) groups is 3. The van der Waals surface area contributed by atoms with Gasteiger partial charge in [-0.25, -0.2) is 4.79 Å². The third kappa shape index (κ3) is 4.62. The molecule has 0 saturated heterocycles. The number of Topliss-reactive ketones (excluding diaryl/α,β-unsaturated/α-hetero) is 1. The van der Waals surface area contributed by atoms with E-state index in [9.17, 15) is 14.4 Å². The summed E-state index contributed by atoms with van der Waals surface area (Å²) in [6.07, 6.45) is 0.409. The van der Waals surface area contributed by atoms with E-state index in [1.54, 1.807) is 21.0 Å². The van der Waals surface area contributed by atoms with E-state index in [1.165, 1.54) is 11.3 Å². The Morgan fingerprint density at radius 1 is 1.11 bits per heavy atom. The fourth-order valence-electron chi connectivity index (χ4n) is 4.97. The monoisotopic (exact) mass is 495 g/mol. The van der Waals surface area contributed by atoms with Gasteiger partial charge >= 0.3 is 11.9 Å². The summed E-state index contributed by atoms with van der Waals surface area (Å²) in [5, 5.41) is 7.14. The molecule has 0 unspecified atom stereocenters. The molecule has 4 rings (SSSR count). The molecular formula is C27H29NO6S. The fraction of sp³-hybridized carbons (Fsp3) is 0.370. The van der Waals surface area contributed by atoms with Gasteiger partial charge in [0.2, 0.25) is 0 Å². The van der Waals surface area contributed by atoms with E-state index in [0.29, 0.717) is 34.7 Å². The molecule has 0 bridgehead atoms. The summed E-state index contributed by atoms with van der Waals surface area (Å²) >= 11 is 1.48. The van der Waals surface area contributed by atoms with Crippen molar-refractivity contribution in [3.8, 4) is 5.75 Å². The van der Waals surface area contributed by atoms with E-state index in [2.05, 4.69) is 5.32 Å². The molecular weight excluding hydrogens is 466 g/mol. The molecule has 1 N–H and O–H groups in total. The van der Waals surface area contributed by atoms with E-state index in [4.69, 9.17) is 14.2 Å². The van der Waals surface area contributed by atoms with E-state index < -0.39 is 29.7 Å². The van der Waals surface area contributed by atoms with Gasteiger partial charge in [-0.15, -0.1) is 0 Å². The van der Waals surface area contributed by atoms with Gasteiger partial charge in [-0.3, -0.25) is 9.59 Å². The Labute approximate surface area is 208 Å². The van der Waals surface area contributed by atoms with Gasteiger partial charge in [-0.05, 0) is 67.3 Å². The molecule has 7 nitrogen and oxygen atoms in total. The van der Waals surface area contributed by atoms with Crippen LogP contribution < -0.4 is 10.1 Å². The molecule has 2 aliphatic rings. The highest BCUT2D eigenvalue weighted by Crippen LogP contribution is 2.48. The van der Waals surface area contributed by atoms with Crippen LogP contribution in [0.15, 0.2) is 63.6 Å². The van der Waals surface area contributed by atoms with Gasteiger partial charge in [0.25, 0.3) is 0 Å². The second-order valence-electron chi connectivity index (χ2n) is 8.45. The van der Waals surface area contributed by atoms with Crippen molar-refractivity contribution in [3.05, 3.63) is 74.8 Å². The number of nitrogens with one attached hydrogen (secondary N) is 1. The summed E-state index contributed by atoms with van der Waals surface area (Å²) in [5.41, 5.74) is 3.81. The number of thiophene rings is 1. The predicted octanol–water partition coefficient (Wildman–Crippen LogP) is 4.47. The molecule has 2 aromatic rings. The van der Waals surface area contributed by atoms with Crippen molar-refractivity contribution in [2.24, 2.45) is 5.92 Å². The summed E-state index contributed by atoms with van der Waals surface area (Å²) in [6, 6.07) is 9.31. The minimum absolute atomic E-state index is 0.165. The van der Waals surface area contributed by atoms with Gasteiger partial charge in [0, 0.05) is 28.8 Å². The normalized spacial score (nSPS) is 21.8. The Bertz CT molecular complexity index is 1200. The van der Waals surface area contributed by atoms with Crippen LogP contribution in [0, 0.1) is 5.92 Å². The first-order chi connectivity index (χ1) is 16.9. The quantitative estimate of drug-likeness (QED) is 0.448. The first kappa shape index (κ1) is 24.7. The molecule has 1 aromatic carbocycles. The van der Waals surface area contributed by atoms with Crippen LogP contribution in [0.4, 0.5) is 0 Å². The largest absolute Gasteiger partial charge is 0.497 e. The molecule has 8 heteroatoms. The molecule has 3 atom stereocenters. The number of benzene rings is 1. The van der Waals surface area contributed by atoms with Crippen LogP contribution in [0.25, 0.3) is 0 Å². The molecule has 1 aromatic heterocycles. The maximum atomic E-state index is 14.2. The van der Waals surface area contributed by atoms with Crippen molar-refractivity contribution in [1.82, 2.24) is 5.32 Å². The number of esters is 2. The Balaban J connectivity index is 1.87. The smallest absolute Gasteiger partial charge is 0.336 e. The molecule has 0 radical (unpaired) electrons. The third-order valence-electron chi connectivity index (χ3n) is 6.45. The lowest BCUT2D eigenvalue weighted by Crippen LogP contribution is -2.43. The summed E-state index contributed by atoms with van der Waals surface area (Å²) in [5.74, 6) is -2.83. The lowest BCUT2D eigenvalue weighted by Gasteiger charge is -2.39. The molecule has 0 spiro atoms. The van der Waals surface area contributed by atoms with E-state index >= 15 is 0 Å². The zero-order valence-electron chi connectivity index (χ0n) is 20.3. The Morgan fingerprint density at radius 2 is 1.89 bits per heavy atom. The summed E-state index contributed by atoms with van der Waals surface area (Å²) < 4.78 is 16.1. The van der Waals surface area contributed by atoms with Crippen molar-refractivity contribution < 1.29 is 28.6 Å². The second-order valence-corrected chi connectivity index (χ2v) is 9.23. The number of dihydropyridines is 1. The Morgan fingerprint density at radius 3 is 2.54 bits per heavy atom. The van der Waals surface area contributed by atoms with Crippen molar-refractivity contribution in [3.63, 3.8) is 0 Å². The predicted molar refractivity (Wildman–Crippen MR) is 132 cm³/mol. The summed E-state index contributed by atoms with van der Waals surface area (Å²) in [7, 11) is 1.58. The molecule has 2 heterocycles. The van der Waals surface area contributed by atoms with E-state index in [1.807, 2.05) is 48.0 Å². The molecule has 0 amide bonds. The van der Waals surface area contributed by atoms with Crippen molar-refractivity contribution >= 4 is 29.1 Å². The van der Waals surface area contributed by atoms with Crippen molar-refractivity contribution in [1.29, 1.82) is 0 Å². The second kappa shape index (κ2) is 10.5.